The number of ether oxygens (including phenoxy) is 1. The van der Waals surface area contributed by atoms with Crippen LogP contribution in [0.5, 0.6) is 0 Å². The monoisotopic (exact) mass is 219 g/mol. The molecular formula is C11H25NOS. The van der Waals surface area contributed by atoms with Crippen LogP contribution in [0.1, 0.15) is 39.5 Å². The third-order valence-corrected chi connectivity index (χ3v) is 3.31. The Morgan fingerprint density at radius 1 is 1.14 bits per heavy atom. The number of unbranched alkanes of at least 4 members (excludes halogenated alkanes) is 2. The molecule has 0 rings (SSSR count). The Morgan fingerprint density at radius 3 is 2.29 bits per heavy atom. The van der Waals surface area contributed by atoms with Crippen molar-refractivity contribution in [2.45, 2.75) is 45.1 Å². The van der Waals surface area contributed by atoms with Gasteiger partial charge in [-0.05, 0) is 32.7 Å². The van der Waals surface area contributed by atoms with E-state index >= 15 is 0 Å². The molecule has 0 fully saturated rings. The highest BCUT2D eigenvalue weighted by Gasteiger charge is 2.10. The second-order valence-electron chi connectivity index (χ2n) is 3.72. The molecule has 0 aromatic rings. The lowest BCUT2D eigenvalue weighted by Crippen LogP contribution is -2.28. The van der Waals surface area contributed by atoms with Gasteiger partial charge in [-0.2, -0.15) is 0 Å². The molecule has 0 aliphatic carbocycles. The first kappa shape index (κ1) is 14.3. The summed E-state index contributed by atoms with van der Waals surface area (Å²) in [6.07, 6.45) is 4.92. The van der Waals surface area contributed by atoms with Crippen molar-refractivity contribution in [1.82, 2.24) is 4.90 Å². The largest absolute Gasteiger partial charge is 0.354 e. The van der Waals surface area contributed by atoms with E-state index in [-0.39, 0.29) is 5.56 Å². The van der Waals surface area contributed by atoms with E-state index in [1.807, 2.05) is 11.8 Å². The third kappa shape index (κ3) is 7.65. The highest BCUT2D eigenvalue weighted by atomic mass is 32.2. The molecule has 0 aliphatic heterocycles. The molecule has 14 heavy (non-hydrogen) atoms. The number of hydrogen-bond acceptors (Lipinski definition) is 3. The molecule has 0 saturated heterocycles. The highest BCUT2D eigenvalue weighted by molar-refractivity contribution is 7.99. The molecule has 0 spiro atoms. The lowest BCUT2D eigenvalue weighted by molar-refractivity contribution is 0.0265. The molecule has 0 radical (unpaired) electrons. The van der Waals surface area contributed by atoms with Gasteiger partial charge in [0.05, 0.1) is 0 Å². The van der Waals surface area contributed by atoms with E-state index in [0.29, 0.717) is 0 Å². The Hall–Kier alpha value is 0.270. The minimum Gasteiger partial charge on any atom is -0.354 e. The van der Waals surface area contributed by atoms with Crippen molar-refractivity contribution >= 4 is 11.8 Å². The van der Waals surface area contributed by atoms with Gasteiger partial charge in [-0.1, -0.05) is 26.7 Å². The molecule has 0 aromatic carbocycles. The lowest BCUT2D eigenvalue weighted by Gasteiger charge is -2.23. The van der Waals surface area contributed by atoms with Crippen molar-refractivity contribution in [2.24, 2.45) is 0 Å². The van der Waals surface area contributed by atoms with Crippen LogP contribution in [0, 0.1) is 0 Å². The molecular weight excluding hydrogens is 194 g/mol. The zero-order valence-electron chi connectivity index (χ0n) is 10.1. The Bertz CT molecular complexity index is 110. The smallest absolute Gasteiger partial charge is 0.158 e. The molecule has 0 bridgehead atoms. The molecule has 3 heteroatoms. The van der Waals surface area contributed by atoms with Gasteiger partial charge in [-0.15, -0.1) is 11.8 Å². The summed E-state index contributed by atoms with van der Waals surface area (Å²) < 4.78 is 5.78. The highest BCUT2D eigenvalue weighted by Crippen LogP contribution is 2.16. The van der Waals surface area contributed by atoms with Crippen LogP contribution in [0.4, 0.5) is 0 Å². The van der Waals surface area contributed by atoms with E-state index in [0.717, 1.165) is 6.61 Å². The van der Waals surface area contributed by atoms with Crippen LogP contribution in [-0.2, 0) is 4.74 Å². The number of nitrogens with zero attached hydrogens (tertiary/aromatic N) is 1. The first-order valence-electron chi connectivity index (χ1n) is 5.62. The Kier molecular flexibility index (Phi) is 10.0. The van der Waals surface area contributed by atoms with Gasteiger partial charge in [0.15, 0.2) is 5.56 Å². The number of thioether (sulfide) groups is 1. The molecule has 0 saturated carbocycles. The molecule has 0 aromatic heterocycles. The normalized spacial score (nSPS) is 13.5. The van der Waals surface area contributed by atoms with E-state index in [4.69, 9.17) is 4.74 Å². The minimum absolute atomic E-state index is 0.244. The fraction of sp³-hybridized carbons (Fsp3) is 1.00. The van der Waals surface area contributed by atoms with Gasteiger partial charge in [0.1, 0.15) is 0 Å². The SMILES string of the molecule is CCCCOC(SCCCC)N(C)C. The van der Waals surface area contributed by atoms with Crippen molar-refractivity contribution in [3.8, 4) is 0 Å². The lowest BCUT2D eigenvalue weighted by atomic mass is 10.4. The first-order chi connectivity index (χ1) is 6.72. The Morgan fingerprint density at radius 2 is 1.79 bits per heavy atom. The Balaban J connectivity index is 3.55. The number of rotatable bonds is 9. The summed E-state index contributed by atoms with van der Waals surface area (Å²) in [4.78, 5) is 2.15. The zero-order valence-corrected chi connectivity index (χ0v) is 10.9. The second kappa shape index (κ2) is 9.81. The predicted octanol–water partition coefficient (Wildman–Crippen LogP) is 3.18. The van der Waals surface area contributed by atoms with Crippen molar-refractivity contribution in [1.29, 1.82) is 0 Å². The first-order valence-corrected chi connectivity index (χ1v) is 6.66. The van der Waals surface area contributed by atoms with Crippen LogP contribution >= 0.6 is 11.8 Å². The molecule has 0 amide bonds. The Labute approximate surface area is 93.4 Å². The van der Waals surface area contributed by atoms with Crippen molar-refractivity contribution < 1.29 is 4.74 Å². The van der Waals surface area contributed by atoms with Crippen LogP contribution < -0.4 is 0 Å². The quantitative estimate of drug-likeness (QED) is 0.436. The fourth-order valence-corrected chi connectivity index (χ4v) is 2.15. The van der Waals surface area contributed by atoms with Gasteiger partial charge in [0.25, 0.3) is 0 Å². The summed E-state index contributed by atoms with van der Waals surface area (Å²) in [5, 5.41) is 0. The van der Waals surface area contributed by atoms with E-state index in [2.05, 4.69) is 32.8 Å². The summed E-state index contributed by atoms with van der Waals surface area (Å²) >= 11 is 1.91. The maximum Gasteiger partial charge on any atom is 0.158 e. The summed E-state index contributed by atoms with van der Waals surface area (Å²) in [6.45, 7) is 5.31. The van der Waals surface area contributed by atoms with Crippen LogP contribution in [-0.4, -0.2) is 36.9 Å². The standard InChI is InChI=1S/C11H25NOS/c1-5-7-9-13-11(12(3)4)14-10-8-6-2/h11H,5-10H2,1-4H3. The van der Waals surface area contributed by atoms with E-state index in [1.54, 1.807) is 0 Å². The average Bonchev–Trinajstić information content (AvgIpc) is 2.15. The molecule has 0 aliphatic rings. The van der Waals surface area contributed by atoms with Crippen LogP contribution in [0.25, 0.3) is 0 Å². The van der Waals surface area contributed by atoms with Crippen molar-refractivity contribution in [3.63, 3.8) is 0 Å². The fourth-order valence-electron chi connectivity index (χ4n) is 1.00. The maximum absolute atomic E-state index is 5.78. The van der Waals surface area contributed by atoms with Crippen LogP contribution in [0.15, 0.2) is 0 Å². The van der Waals surface area contributed by atoms with Crippen LogP contribution in [0.3, 0.4) is 0 Å². The summed E-state index contributed by atoms with van der Waals surface area (Å²) in [5.41, 5.74) is 0.244. The third-order valence-electron chi connectivity index (χ3n) is 1.94. The average molecular weight is 219 g/mol. The van der Waals surface area contributed by atoms with Crippen molar-refractivity contribution in [3.05, 3.63) is 0 Å². The topological polar surface area (TPSA) is 12.5 Å². The summed E-state index contributed by atoms with van der Waals surface area (Å²) in [6, 6.07) is 0. The van der Waals surface area contributed by atoms with Crippen molar-refractivity contribution in [2.75, 3.05) is 26.5 Å². The van der Waals surface area contributed by atoms with E-state index in [1.165, 1.54) is 31.4 Å². The molecule has 86 valence electrons. The van der Waals surface area contributed by atoms with Gasteiger partial charge < -0.3 is 4.74 Å². The zero-order chi connectivity index (χ0) is 10.8. The molecule has 0 heterocycles. The summed E-state index contributed by atoms with van der Waals surface area (Å²) in [5.74, 6) is 1.20. The second-order valence-corrected chi connectivity index (χ2v) is 4.86. The van der Waals surface area contributed by atoms with E-state index < -0.39 is 0 Å². The predicted molar refractivity (Wildman–Crippen MR) is 65.7 cm³/mol. The molecule has 2 nitrogen and oxygen atoms in total. The van der Waals surface area contributed by atoms with Gasteiger partial charge in [-0.25, -0.2) is 0 Å². The van der Waals surface area contributed by atoms with Gasteiger partial charge in [0, 0.05) is 6.61 Å². The van der Waals surface area contributed by atoms with Gasteiger partial charge >= 0.3 is 0 Å². The minimum atomic E-state index is 0.244. The number of hydrogen-bond donors (Lipinski definition) is 0. The molecule has 1 unspecified atom stereocenters. The van der Waals surface area contributed by atoms with Gasteiger partial charge in [0.2, 0.25) is 0 Å². The maximum atomic E-state index is 5.78. The molecule has 1 atom stereocenters. The molecule has 0 N–H and O–H groups in total. The van der Waals surface area contributed by atoms with E-state index in [9.17, 15) is 0 Å². The summed E-state index contributed by atoms with van der Waals surface area (Å²) in [7, 11) is 4.16. The van der Waals surface area contributed by atoms with Crippen LogP contribution in [0.2, 0.25) is 0 Å². The van der Waals surface area contributed by atoms with Gasteiger partial charge in [-0.3, -0.25) is 4.90 Å².